The molecule has 1 N–H and O–H groups in total. The van der Waals surface area contributed by atoms with E-state index in [1.807, 2.05) is 18.5 Å². The second kappa shape index (κ2) is 7.95. The molecule has 4 heteroatoms. The van der Waals surface area contributed by atoms with Gasteiger partial charge in [-0.25, -0.2) is 4.98 Å². The SMILES string of the molecule is c1ccc(C2(c3ccc4c5ccccc5n(-c5cccc(-c6ncc[nH]6)c5)c4c3)CCCC2)nc1. The van der Waals surface area contributed by atoms with Gasteiger partial charge < -0.3 is 9.55 Å². The molecular weight excluding hydrogens is 428 g/mol. The van der Waals surface area contributed by atoms with E-state index in [-0.39, 0.29) is 5.41 Å². The molecule has 4 nitrogen and oxygen atoms in total. The topological polar surface area (TPSA) is 46.5 Å². The Morgan fingerprint density at radius 2 is 1.57 bits per heavy atom. The Kier molecular flexibility index (Phi) is 4.59. The maximum atomic E-state index is 4.84. The number of para-hydroxylation sites is 1. The molecule has 0 radical (unpaired) electrons. The highest BCUT2D eigenvalue weighted by molar-refractivity contribution is 6.09. The molecule has 35 heavy (non-hydrogen) atoms. The number of aromatic nitrogens is 4. The zero-order chi connectivity index (χ0) is 23.2. The summed E-state index contributed by atoms with van der Waals surface area (Å²) in [5.41, 5.74) is 7.21. The number of hydrogen-bond acceptors (Lipinski definition) is 2. The number of nitrogens with zero attached hydrogens (tertiary/aromatic N) is 3. The smallest absolute Gasteiger partial charge is 0.137 e. The van der Waals surface area contributed by atoms with Gasteiger partial charge in [0, 0.05) is 46.0 Å². The summed E-state index contributed by atoms with van der Waals surface area (Å²) in [7, 11) is 0. The molecule has 0 bridgehead atoms. The fourth-order valence-corrected chi connectivity index (χ4v) is 6.08. The lowest BCUT2D eigenvalue weighted by molar-refractivity contribution is 0.519. The van der Waals surface area contributed by atoms with Gasteiger partial charge in [-0.3, -0.25) is 4.98 Å². The summed E-state index contributed by atoms with van der Waals surface area (Å²) in [6, 6.07) is 30.8. The first-order valence-corrected chi connectivity index (χ1v) is 12.4. The highest BCUT2D eigenvalue weighted by atomic mass is 15.0. The molecule has 1 aliphatic carbocycles. The third-order valence-electron chi connectivity index (χ3n) is 7.71. The van der Waals surface area contributed by atoms with E-state index in [1.165, 1.54) is 45.9 Å². The van der Waals surface area contributed by atoms with Crippen molar-refractivity contribution in [2.45, 2.75) is 31.1 Å². The van der Waals surface area contributed by atoms with Crippen LogP contribution in [0.3, 0.4) is 0 Å². The van der Waals surface area contributed by atoms with Gasteiger partial charge >= 0.3 is 0 Å². The number of aromatic amines is 1. The molecule has 0 amide bonds. The van der Waals surface area contributed by atoms with Crippen LogP contribution in [0.15, 0.2) is 104 Å². The number of nitrogens with one attached hydrogen (secondary N) is 1. The van der Waals surface area contributed by atoms with Gasteiger partial charge in [0.15, 0.2) is 0 Å². The Morgan fingerprint density at radius 1 is 0.714 bits per heavy atom. The van der Waals surface area contributed by atoms with Crippen LogP contribution >= 0.6 is 0 Å². The molecule has 1 saturated carbocycles. The van der Waals surface area contributed by atoms with E-state index in [9.17, 15) is 0 Å². The van der Waals surface area contributed by atoms with Crippen molar-refractivity contribution < 1.29 is 0 Å². The predicted octanol–water partition coefficient (Wildman–Crippen LogP) is 7.43. The molecule has 6 aromatic rings. The van der Waals surface area contributed by atoms with Crippen molar-refractivity contribution in [1.29, 1.82) is 0 Å². The lowest BCUT2D eigenvalue weighted by Gasteiger charge is -2.29. The molecule has 0 unspecified atom stereocenters. The molecule has 0 aliphatic heterocycles. The number of H-pyrrole nitrogens is 1. The highest BCUT2D eigenvalue weighted by Gasteiger charge is 2.38. The lowest BCUT2D eigenvalue weighted by Crippen LogP contribution is -2.25. The standard InChI is InChI=1S/C31H26N4/c1-2-11-27-25(10-1)26-14-13-23(31(15-4-5-16-31)29-12-3-6-17-32-29)21-28(26)35(27)24-9-7-8-22(20-24)30-33-18-19-34-30/h1-3,6-14,17-21H,4-5,15-16H2,(H,33,34). The van der Waals surface area contributed by atoms with Crippen LogP contribution in [0.1, 0.15) is 36.9 Å². The Labute approximate surface area is 204 Å². The van der Waals surface area contributed by atoms with Crippen molar-refractivity contribution in [3.05, 3.63) is 115 Å². The van der Waals surface area contributed by atoms with Gasteiger partial charge in [-0.05, 0) is 54.8 Å². The van der Waals surface area contributed by atoms with Crippen LogP contribution in [0, 0.1) is 0 Å². The molecule has 1 aliphatic rings. The van der Waals surface area contributed by atoms with Gasteiger partial charge in [-0.15, -0.1) is 0 Å². The second-order valence-electron chi connectivity index (χ2n) is 9.58. The van der Waals surface area contributed by atoms with Crippen molar-refractivity contribution in [3.8, 4) is 17.1 Å². The first-order chi connectivity index (χ1) is 17.3. The molecule has 3 aromatic heterocycles. The van der Waals surface area contributed by atoms with Crippen LogP contribution in [-0.4, -0.2) is 19.5 Å². The Morgan fingerprint density at radius 3 is 2.40 bits per heavy atom. The van der Waals surface area contributed by atoms with E-state index in [0.717, 1.165) is 29.9 Å². The quantitative estimate of drug-likeness (QED) is 0.301. The van der Waals surface area contributed by atoms with Crippen LogP contribution in [0.25, 0.3) is 38.9 Å². The number of hydrogen-bond donors (Lipinski definition) is 1. The van der Waals surface area contributed by atoms with Gasteiger partial charge in [0.25, 0.3) is 0 Å². The number of benzene rings is 3. The number of rotatable bonds is 4. The fourth-order valence-electron chi connectivity index (χ4n) is 6.08. The van der Waals surface area contributed by atoms with Crippen LogP contribution < -0.4 is 0 Å². The minimum Gasteiger partial charge on any atom is -0.345 e. The largest absolute Gasteiger partial charge is 0.345 e. The summed E-state index contributed by atoms with van der Waals surface area (Å²) in [6.45, 7) is 0. The van der Waals surface area contributed by atoms with Crippen molar-refractivity contribution in [1.82, 2.24) is 19.5 Å². The number of fused-ring (bicyclic) bond motifs is 3. The van der Waals surface area contributed by atoms with Crippen molar-refractivity contribution >= 4 is 21.8 Å². The molecule has 0 saturated heterocycles. The molecule has 0 spiro atoms. The third-order valence-corrected chi connectivity index (χ3v) is 7.71. The minimum absolute atomic E-state index is 0.0211. The molecule has 170 valence electrons. The van der Waals surface area contributed by atoms with Gasteiger partial charge in [0.1, 0.15) is 5.82 Å². The molecule has 3 aromatic carbocycles. The molecule has 1 fully saturated rings. The summed E-state index contributed by atoms with van der Waals surface area (Å²) >= 11 is 0. The average Bonchev–Trinajstić information content (AvgIpc) is 3.69. The summed E-state index contributed by atoms with van der Waals surface area (Å²) in [5, 5.41) is 2.55. The Hall–Kier alpha value is -4.18. The third kappa shape index (κ3) is 3.13. The zero-order valence-electron chi connectivity index (χ0n) is 19.5. The van der Waals surface area contributed by atoms with Gasteiger partial charge in [-0.2, -0.15) is 0 Å². The molecule has 0 atom stereocenters. The minimum atomic E-state index is -0.0211. The molecule has 7 rings (SSSR count). The number of imidazole rings is 1. The monoisotopic (exact) mass is 454 g/mol. The van der Waals surface area contributed by atoms with E-state index >= 15 is 0 Å². The summed E-state index contributed by atoms with van der Waals surface area (Å²) < 4.78 is 2.40. The van der Waals surface area contributed by atoms with Crippen LogP contribution in [0.2, 0.25) is 0 Å². The van der Waals surface area contributed by atoms with Crippen LogP contribution in [0.5, 0.6) is 0 Å². The van der Waals surface area contributed by atoms with E-state index in [0.29, 0.717) is 0 Å². The first-order valence-electron chi connectivity index (χ1n) is 12.4. The van der Waals surface area contributed by atoms with Crippen molar-refractivity contribution in [3.63, 3.8) is 0 Å². The second-order valence-corrected chi connectivity index (χ2v) is 9.58. The van der Waals surface area contributed by atoms with Gasteiger partial charge in [0.05, 0.1) is 16.7 Å². The summed E-state index contributed by atoms with van der Waals surface area (Å²) in [4.78, 5) is 12.5. The lowest BCUT2D eigenvalue weighted by atomic mass is 9.75. The zero-order valence-corrected chi connectivity index (χ0v) is 19.5. The summed E-state index contributed by atoms with van der Waals surface area (Å²) in [5.74, 6) is 0.883. The average molecular weight is 455 g/mol. The Balaban J connectivity index is 1.49. The number of pyridine rings is 1. The first kappa shape index (κ1) is 20.2. The van der Waals surface area contributed by atoms with E-state index in [2.05, 4.69) is 93.4 Å². The summed E-state index contributed by atoms with van der Waals surface area (Å²) in [6.07, 6.45) is 10.4. The Bertz CT molecular complexity index is 1640. The molecule has 3 heterocycles. The maximum absolute atomic E-state index is 4.84. The van der Waals surface area contributed by atoms with E-state index < -0.39 is 0 Å². The van der Waals surface area contributed by atoms with Crippen LogP contribution in [-0.2, 0) is 5.41 Å². The fraction of sp³-hybridized carbons (Fsp3) is 0.161. The normalized spacial score (nSPS) is 15.2. The predicted molar refractivity (Wildman–Crippen MR) is 142 cm³/mol. The van der Waals surface area contributed by atoms with Gasteiger partial charge in [0.2, 0.25) is 0 Å². The molecular formula is C31H26N4. The van der Waals surface area contributed by atoms with Crippen LogP contribution in [0.4, 0.5) is 0 Å². The van der Waals surface area contributed by atoms with Crippen molar-refractivity contribution in [2.75, 3.05) is 0 Å². The van der Waals surface area contributed by atoms with E-state index in [1.54, 1.807) is 6.20 Å². The van der Waals surface area contributed by atoms with Gasteiger partial charge in [-0.1, -0.05) is 61.4 Å². The van der Waals surface area contributed by atoms with Crippen molar-refractivity contribution in [2.24, 2.45) is 0 Å². The highest BCUT2D eigenvalue weighted by Crippen LogP contribution is 2.47. The van der Waals surface area contributed by atoms with E-state index in [4.69, 9.17) is 4.98 Å². The maximum Gasteiger partial charge on any atom is 0.137 e.